The van der Waals surface area contributed by atoms with Gasteiger partial charge in [0.05, 0.1) is 0 Å². The minimum atomic E-state index is -0.148. The summed E-state index contributed by atoms with van der Waals surface area (Å²) in [7, 11) is 0. The minimum Gasteiger partial charge on any atom is -0.273 e. The van der Waals surface area contributed by atoms with Crippen LogP contribution < -0.4 is 0 Å². The van der Waals surface area contributed by atoms with Gasteiger partial charge in [0.1, 0.15) is 0 Å². The predicted octanol–water partition coefficient (Wildman–Crippen LogP) is 1.57. The lowest BCUT2D eigenvalue weighted by Crippen LogP contribution is -1.90. The van der Waals surface area contributed by atoms with Crippen LogP contribution in [-0.2, 0) is 4.79 Å². The van der Waals surface area contributed by atoms with Gasteiger partial charge in [0.15, 0.2) is 0 Å². The normalized spacial score (nSPS) is 12.6. The molecule has 0 N–H and O–H groups in total. The Hall–Kier alpha value is -0.920. The largest absolute Gasteiger partial charge is 0.273 e. The van der Waals surface area contributed by atoms with E-state index in [0.29, 0.717) is 0 Å². The van der Waals surface area contributed by atoms with Crippen molar-refractivity contribution in [3.05, 3.63) is 12.2 Å². The van der Waals surface area contributed by atoms with Crippen LogP contribution in [0.3, 0.4) is 0 Å². The first-order valence-corrected chi connectivity index (χ1v) is 2.85. The maximum Gasteiger partial charge on any atom is 0.242 e. The molecule has 0 aliphatic rings. The van der Waals surface area contributed by atoms with E-state index in [1.165, 1.54) is 6.92 Å². The first kappa shape index (κ1) is 8.08. The average molecular weight is 125 g/mol. The van der Waals surface area contributed by atoms with Gasteiger partial charge in [-0.1, -0.05) is 6.08 Å². The second kappa shape index (κ2) is 4.01. The summed E-state index contributed by atoms with van der Waals surface area (Å²) >= 11 is 0. The summed E-state index contributed by atoms with van der Waals surface area (Å²) in [6.07, 6.45) is 3.64. The SMILES string of the molecule is C/C=C\C(C)=NC(C)=O. The van der Waals surface area contributed by atoms with Gasteiger partial charge in [0.25, 0.3) is 0 Å². The van der Waals surface area contributed by atoms with E-state index in [2.05, 4.69) is 4.99 Å². The van der Waals surface area contributed by atoms with Gasteiger partial charge in [0, 0.05) is 12.6 Å². The van der Waals surface area contributed by atoms with Gasteiger partial charge in [-0.25, -0.2) is 4.99 Å². The summed E-state index contributed by atoms with van der Waals surface area (Å²) < 4.78 is 0. The molecule has 0 aromatic carbocycles. The molecule has 0 unspecified atom stereocenters. The maximum atomic E-state index is 10.3. The van der Waals surface area contributed by atoms with Crippen LogP contribution in [0, 0.1) is 0 Å². The highest BCUT2D eigenvalue weighted by Crippen LogP contribution is 1.81. The van der Waals surface area contributed by atoms with E-state index >= 15 is 0 Å². The molecule has 1 amide bonds. The van der Waals surface area contributed by atoms with Crippen molar-refractivity contribution in [1.29, 1.82) is 0 Å². The number of aliphatic imine (C=N–C) groups is 1. The van der Waals surface area contributed by atoms with Gasteiger partial charge in [-0.3, -0.25) is 4.79 Å². The van der Waals surface area contributed by atoms with Crippen molar-refractivity contribution < 1.29 is 4.79 Å². The van der Waals surface area contributed by atoms with Crippen molar-refractivity contribution in [3.8, 4) is 0 Å². The Bertz CT molecular complexity index is 156. The van der Waals surface area contributed by atoms with Crippen molar-refractivity contribution in [3.63, 3.8) is 0 Å². The average Bonchev–Trinajstić information content (AvgIpc) is 1.63. The molecular weight excluding hydrogens is 114 g/mol. The molecule has 0 aliphatic heterocycles. The van der Waals surface area contributed by atoms with Crippen molar-refractivity contribution >= 4 is 11.6 Å². The van der Waals surface area contributed by atoms with Crippen LogP contribution in [0.1, 0.15) is 20.8 Å². The summed E-state index contributed by atoms with van der Waals surface area (Å²) in [4.78, 5) is 14.0. The van der Waals surface area contributed by atoms with Crippen LogP contribution in [0.15, 0.2) is 17.1 Å². The molecule has 0 fully saturated rings. The number of nitrogens with zero attached hydrogens (tertiary/aromatic N) is 1. The van der Waals surface area contributed by atoms with E-state index in [1.807, 2.05) is 13.0 Å². The third-order valence-corrected chi connectivity index (χ3v) is 0.742. The van der Waals surface area contributed by atoms with E-state index in [1.54, 1.807) is 13.0 Å². The second-order valence-electron chi connectivity index (χ2n) is 1.77. The molecule has 0 heterocycles. The molecule has 0 aromatic rings. The molecule has 2 nitrogen and oxygen atoms in total. The Labute approximate surface area is 55.3 Å². The Balaban J connectivity index is 4.00. The van der Waals surface area contributed by atoms with E-state index in [-0.39, 0.29) is 5.91 Å². The van der Waals surface area contributed by atoms with Crippen LogP contribution in [0.5, 0.6) is 0 Å². The molecule has 0 radical (unpaired) electrons. The summed E-state index contributed by atoms with van der Waals surface area (Å²) in [5.74, 6) is -0.148. The lowest BCUT2D eigenvalue weighted by Gasteiger charge is -1.84. The number of hydrogen-bond acceptors (Lipinski definition) is 1. The predicted molar refractivity (Wildman–Crippen MR) is 38.6 cm³/mol. The molecule has 0 atom stereocenters. The second-order valence-corrected chi connectivity index (χ2v) is 1.77. The van der Waals surface area contributed by atoms with Gasteiger partial charge in [-0.15, -0.1) is 0 Å². The van der Waals surface area contributed by atoms with Gasteiger partial charge in [-0.05, 0) is 19.9 Å². The molecule has 0 aliphatic carbocycles. The Morgan fingerprint density at radius 3 is 2.33 bits per heavy atom. The first-order valence-electron chi connectivity index (χ1n) is 2.85. The number of rotatable bonds is 1. The smallest absolute Gasteiger partial charge is 0.242 e. The number of carbonyl (C=O) groups is 1. The minimum absolute atomic E-state index is 0.148. The van der Waals surface area contributed by atoms with E-state index in [0.717, 1.165) is 5.71 Å². The number of allylic oxidation sites excluding steroid dienone is 2. The van der Waals surface area contributed by atoms with Crippen LogP contribution in [0.4, 0.5) is 0 Å². The van der Waals surface area contributed by atoms with Gasteiger partial charge < -0.3 is 0 Å². The number of carbonyl (C=O) groups excluding carboxylic acids is 1. The third kappa shape index (κ3) is 4.94. The third-order valence-electron chi connectivity index (χ3n) is 0.742. The quantitative estimate of drug-likeness (QED) is 0.489. The molecule has 9 heavy (non-hydrogen) atoms. The molecule has 0 saturated heterocycles. The Morgan fingerprint density at radius 1 is 1.44 bits per heavy atom. The summed E-state index contributed by atoms with van der Waals surface area (Å²) in [6.45, 7) is 5.12. The lowest BCUT2D eigenvalue weighted by molar-refractivity contribution is -0.115. The van der Waals surface area contributed by atoms with E-state index in [4.69, 9.17) is 0 Å². The standard InChI is InChI=1S/C7H11NO/c1-4-5-6(2)8-7(3)9/h4-5H,1-3H3/b5-4-,8-6?. The van der Waals surface area contributed by atoms with E-state index < -0.39 is 0 Å². The highest BCUT2D eigenvalue weighted by Gasteiger charge is 1.84. The zero-order valence-corrected chi connectivity index (χ0v) is 6.01. The molecular formula is C7H11NO. The molecule has 2 heteroatoms. The maximum absolute atomic E-state index is 10.3. The summed E-state index contributed by atoms with van der Waals surface area (Å²) in [5, 5.41) is 0. The van der Waals surface area contributed by atoms with Gasteiger partial charge in [0.2, 0.25) is 5.91 Å². The molecule has 0 saturated carbocycles. The van der Waals surface area contributed by atoms with Crippen LogP contribution >= 0.6 is 0 Å². The first-order chi connectivity index (χ1) is 4.16. The zero-order valence-electron chi connectivity index (χ0n) is 6.01. The van der Waals surface area contributed by atoms with Crippen LogP contribution in [0.25, 0.3) is 0 Å². The highest BCUT2D eigenvalue weighted by molar-refractivity contribution is 6.00. The fourth-order valence-electron chi connectivity index (χ4n) is 0.527. The fourth-order valence-corrected chi connectivity index (χ4v) is 0.527. The van der Waals surface area contributed by atoms with Gasteiger partial charge in [-0.2, -0.15) is 0 Å². The van der Waals surface area contributed by atoms with Crippen LogP contribution in [0.2, 0.25) is 0 Å². The number of hydrogen-bond donors (Lipinski definition) is 0. The molecule has 50 valence electrons. The van der Waals surface area contributed by atoms with Crippen molar-refractivity contribution in [1.82, 2.24) is 0 Å². The fraction of sp³-hybridized carbons (Fsp3) is 0.429. The molecule has 0 bridgehead atoms. The van der Waals surface area contributed by atoms with Crippen molar-refractivity contribution in [2.45, 2.75) is 20.8 Å². The molecule has 0 rings (SSSR count). The molecule has 0 aromatic heterocycles. The van der Waals surface area contributed by atoms with Crippen LogP contribution in [-0.4, -0.2) is 11.6 Å². The topological polar surface area (TPSA) is 29.4 Å². The van der Waals surface area contributed by atoms with E-state index in [9.17, 15) is 4.79 Å². The monoisotopic (exact) mass is 125 g/mol. The Morgan fingerprint density at radius 2 is 2.00 bits per heavy atom. The zero-order chi connectivity index (χ0) is 7.28. The van der Waals surface area contributed by atoms with Crippen molar-refractivity contribution in [2.24, 2.45) is 4.99 Å². The summed E-state index contributed by atoms with van der Waals surface area (Å²) in [6, 6.07) is 0. The summed E-state index contributed by atoms with van der Waals surface area (Å²) in [5.41, 5.74) is 0.755. The Kier molecular flexibility index (Phi) is 3.60. The van der Waals surface area contributed by atoms with Gasteiger partial charge >= 0.3 is 0 Å². The highest BCUT2D eigenvalue weighted by atomic mass is 16.1. The molecule has 0 spiro atoms. The number of amides is 1. The van der Waals surface area contributed by atoms with Crippen molar-refractivity contribution in [2.75, 3.05) is 0 Å². The lowest BCUT2D eigenvalue weighted by atomic mass is 10.4.